The van der Waals surface area contributed by atoms with Crippen molar-refractivity contribution in [1.29, 1.82) is 0 Å². The summed E-state index contributed by atoms with van der Waals surface area (Å²) in [6, 6.07) is 6.82. The Hall–Kier alpha value is -2.58. The fourth-order valence-electron chi connectivity index (χ4n) is 2.52. The summed E-state index contributed by atoms with van der Waals surface area (Å²) in [5, 5.41) is 10.2. The van der Waals surface area contributed by atoms with E-state index in [1.165, 1.54) is 7.11 Å². The van der Waals surface area contributed by atoms with E-state index in [9.17, 15) is 9.59 Å². The molecule has 2 rings (SSSR count). The number of methoxy groups -OCH3 is 1. The van der Waals surface area contributed by atoms with E-state index in [-0.39, 0.29) is 30.9 Å². The minimum Gasteiger partial charge on any atom is -0.495 e. The van der Waals surface area contributed by atoms with Gasteiger partial charge in [0.15, 0.2) is 0 Å². The zero-order chi connectivity index (χ0) is 20.0. The number of nitrogens with zero attached hydrogens (tertiary/aromatic N) is 3. The number of nitrogens with one attached hydrogen (secondary N) is 2. The lowest BCUT2D eigenvalue weighted by Gasteiger charge is -2.17. The van der Waals surface area contributed by atoms with E-state index in [4.69, 9.17) is 16.3 Å². The summed E-state index contributed by atoms with van der Waals surface area (Å²) in [4.78, 5) is 26.1. The van der Waals surface area contributed by atoms with Crippen LogP contribution in [0.15, 0.2) is 30.5 Å². The summed E-state index contributed by atoms with van der Waals surface area (Å²) < 4.78 is 6.92. The Labute approximate surface area is 163 Å². The van der Waals surface area contributed by atoms with Gasteiger partial charge in [-0.05, 0) is 39.1 Å². The van der Waals surface area contributed by atoms with E-state index < -0.39 is 0 Å². The largest absolute Gasteiger partial charge is 0.495 e. The van der Waals surface area contributed by atoms with Crippen LogP contribution >= 0.6 is 11.6 Å². The van der Waals surface area contributed by atoms with Gasteiger partial charge in [0.05, 0.1) is 32.1 Å². The first-order chi connectivity index (χ1) is 12.8. The van der Waals surface area contributed by atoms with Gasteiger partial charge in [-0.2, -0.15) is 5.10 Å². The van der Waals surface area contributed by atoms with Gasteiger partial charge >= 0.3 is 0 Å². The van der Waals surface area contributed by atoms with Crippen LogP contribution in [0, 0.1) is 0 Å². The number of hydrogen-bond donors (Lipinski definition) is 2. The Balaban J connectivity index is 1.88. The third-order valence-corrected chi connectivity index (χ3v) is 3.92. The third-order valence-electron chi connectivity index (χ3n) is 3.69. The predicted molar refractivity (Wildman–Crippen MR) is 105 cm³/mol. The van der Waals surface area contributed by atoms with Crippen LogP contribution in [0.2, 0.25) is 5.02 Å². The molecule has 0 radical (unpaired) electrons. The molecule has 0 fully saturated rings. The number of carbonyl (C=O) groups is 2. The smallest absolute Gasteiger partial charge is 0.239 e. The number of rotatable bonds is 8. The first-order valence-corrected chi connectivity index (χ1v) is 8.83. The van der Waals surface area contributed by atoms with Crippen LogP contribution in [0.4, 0.5) is 11.5 Å². The monoisotopic (exact) mass is 393 g/mol. The van der Waals surface area contributed by atoms with Crippen molar-refractivity contribution in [2.45, 2.75) is 19.9 Å². The summed E-state index contributed by atoms with van der Waals surface area (Å²) in [5.74, 6) is 0.623. The minimum absolute atomic E-state index is 0.0343. The summed E-state index contributed by atoms with van der Waals surface area (Å²) in [5.41, 5.74) is 0.480. The van der Waals surface area contributed by atoms with Crippen molar-refractivity contribution in [3.8, 4) is 5.75 Å². The highest BCUT2D eigenvalue weighted by atomic mass is 35.5. The Morgan fingerprint density at radius 3 is 2.52 bits per heavy atom. The summed E-state index contributed by atoms with van der Waals surface area (Å²) in [7, 11) is 3.20. The highest BCUT2D eigenvalue weighted by Crippen LogP contribution is 2.27. The van der Waals surface area contributed by atoms with Crippen LogP contribution in [0.25, 0.3) is 0 Å². The van der Waals surface area contributed by atoms with Gasteiger partial charge in [0, 0.05) is 17.1 Å². The molecule has 0 saturated carbocycles. The molecule has 0 aliphatic rings. The van der Waals surface area contributed by atoms with Crippen molar-refractivity contribution >= 4 is 34.9 Å². The van der Waals surface area contributed by atoms with Crippen LogP contribution in [0.5, 0.6) is 5.75 Å². The highest BCUT2D eigenvalue weighted by molar-refractivity contribution is 6.31. The molecule has 0 aliphatic heterocycles. The minimum atomic E-state index is -0.280. The average molecular weight is 394 g/mol. The molecule has 27 heavy (non-hydrogen) atoms. The number of halogens is 1. The van der Waals surface area contributed by atoms with E-state index in [1.54, 1.807) is 47.1 Å². The lowest BCUT2D eigenvalue weighted by molar-refractivity contribution is -0.119. The van der Waals surface area contributed by atoms with E-state index in [1.807, 2.05) is 13.8 Å². The quantitative estimate of drug-likeness (QED) is 0.719. The molecule has 0 bridgehead atoms. The van der Waals surface area contributed by atoms with Gasteiger partial charge in [-0.1, -0.05) is 11.6 Å². The Kier molecular flexibility index (Phi) is 7.20. The van der Waals surface area contributed by atoms with Gasteiger partial charge < -0.3 is 15.4 Å². The van der Waals surface area contributed by atoms with Crippen molar-refractivity contribution in [1.82, 2.24) is 14.7 Å². The molecular weight excluding hydrogens is 370 g/mol. The number of anilines is 2. The molecule has 1 aromatic heterocycles. The second kappa shape index (κ2) is 9.38. The molecule has 9 heteroatoms. The van der Waals surface area contributed by atoms with Gasteiger partial charge in [0.1, 0.15) is 11.6 Å². The van der Waals surface area contributed by atoms with E-state index in [2.05, 4.69) is 15.7 Å². The molecule has 146 valence electrons. The van der Waals surface area contributed by atoms with Crippen molar-refractivity contribution in [2.24, 2.45) is 0 Å². The Bertz CT molecular complexity index is 806. The van der Waals surface area contributed by atoms with Crippen LogP contribution in [-0.2, 0) is 9.59 Å². The number of hydrogen-bond acceptors (Lipinski definition) is 5. The van der Waals surface area contributed by atoms with Crippen LogP contribution in [-0.4, -0.2) is 53.7 Å². The fourth-order valence-corrected chi connectivity index (χ4v) is 2.69. The number of amides is 2. The molecule has 0 aliphatic carbocycles. The second-order valence-corrected chi connectivity index (χ2v) is 6.80. The maximum absolute atomic E-state index is 12.2. The third kappa shape index (κ3) is 5.97. The normalized spacial score (nSPS) is 10.9. The van der Waals surface area contributed by atoms with Gasteiger partial charge in [-0.3, -0.25) is 14.5 Å². The first kappa shape index (κ1) is 20.7. The SMILES string of the molecule is COc1ccc(Cl)cc1NC(=O)CN(C)CC(=O)Nc1ccnn1C(C)C. The average Bonchev–Trinajstić information content (AvgIpc) is 3.02. The maximum Gasteiger partial charge on any atom is 0.239 e. The zero-order valence-corrected chi connectivity index (χ0v) is 16.6. The first-order valence-electron chi connectivity index (χ1n) is 8.45. The number of likely N-dealkylation sites (N-methyl/N-ethyl adjacent to an activating group) is 1. The molecule has 0 atom stereocenters. The topological polar surface area (TPSA) is 88.5 Å². The molecule has 0 saturated heterocycles. The number of aromatic nitrogens is 2. The second-order valence-electron chi connectivity index (χ2n) is 6.37. The van der Waals surface area contributed by atoms with E-state index >= 15 is 0 Å². The van der Waals surface area contributed by atoms with Gasteiger partial charge in [-0.25, -0.2) is 4.68 Å². The molecule has 2 aromatic rings. The van der Waals surface area contributed by atoms with Gasteiger partial charge in [0.2, 0.25) is 11.8 Å². The Morgan fingerprint density at radius 2 is 1.89 bits per heavy atom. The lowest BCUT2D eigenvalue weighted by atomic mass is 10.3. The molecule has 0 unspecified atom stereocenters. The van der Waals surface area contributed by atoms with Crippen molar-refractivity contribution in [2.75, 3.05) is 37.9 Å². The van der Waals surface area contributed by atoms with Gasteiger partial charge in [-0.15, -0.1) is 0 Å². The van der Waals surface area contributed by atoms with E-state index in [0.29, 0.717) is 22.3 Å². The van der Waals surface area contributed by atoms with Crippen molar-refractivity contribution < 1.29 is 14.3 Å². The summed E-state index contributed by atoms with van der Waals surface area (Å²) in [6.45, 7) is 4.04. The van der Waals surface area contributed by atoms with Crippen LogP contribution in [0.3, 0.4) is 0 Å². The zero-order valence-electron chi connectivity index (χ0n) is 15.8. The van der Waals surface area contributed by atoms with E-state index in [0.717, 1.165) is 0 Å². The molecule has 2 N–H and O–H groups in total. The molecule has 1 heterocycles. The van der Waals surface area contributed by atoms with Crippen LogP contribution in [0.1, 0.15) is 19.9 Å². The molecule has 0 spiro atoms. The summed E-state index contributed by atoms with van der Waals surface area (Å²) >= 11 is 5.96. The molecule has 1 aromatic carbocycles. The predicted octanol–water partition coefficient (Wildman–Crippen LogP) is 2.64. The fraction of sp³-hybridized carbons (Fsp3) is 0.389. The lowest BCUT2D eigenvalue weighted by Crippen LogP contribution is -2.36. The Morgan fingerprint density at radius 1 is 1.22 bits per heavy atom. The highest BCUT2D eigenvalue weighted by Gasteiger charge is 2.15. The standard InChI is InChI=1S/C18H24ClN5O3/c1-12(2)24-16(7-8-20-24)22-18(26)11-23(3)10-17(25)21-14-9-13(19)5-6-15(14)27-4/h5-9,12H,10-11H2,1-4H3,(H,21,25)(H,22,26). The number of benzene rings is 1. The summed E-state index contributed by atoms with van der Waals surface area (Å²) in [6.07, 6.45) is 1.63. The van der Waals surface area contributed by atoms with Gasteiger partial charge in [0.25, 0.3) is 0 Å². The molecule has 2 amide bonds. The van der Waals surface area contributed by atoms with Crippen molar-refractivity contribution in [3.63, 3.8) is 0 Å². The maximum atomic E-state index is 12.2. The van der Waals surface area contributed by atoms with Crippen molar-refractivity contribution in [3.05, 3.63) is 35.5 Å². The molecular formula is C18H24ClN5O3. The number of carbonyl (C=O) groups excluding carboxylic acids is 2. The number of ether oxygens (including phenoxy) is 1. The van der Waals surface area contributed by atoms with Crippen LogP contribution < -0.4 is 15.4 Å². The molecule has 8 nitrogen and oxygen atoms in total.